The van der Waals surface area contributed by atoms with Crippen molar-refractivity contribution in [1.29, 1.82) is 0 Å². The van der Waals surface area contributed by atoms with Crippen LogP contribution < -0.4 is 9.67 Å². The number of carboxylic acids is 1. The van der Waals surface area contributed by atoms with Crippen LogP contribution in [0.15, 0.2) is 12.4 Å². The van der Waals surface area contributed by atoms with E-state index in [0.29, 0.717) is 6.42 Å². The number of unbranched alkanes of at least 4 members (excludes halogenated alkanes) is 6. The Kier molecular flexibility index (Phi) is 9.60. The van der Waals surface area contributed by atoms with E-state index in [1.807, 2.05) is 0 Å². The molecule has 0 atom stereocenters. The fourth-order valence-corrected chi connectivity index (χ4v) is 2.91. The molecule has 1 rings (SSSR count). The minimum atomic E-state index is -0.954. The lowest BCUT2D eigenvalue weighted by atomic mass is 10.1. The van der Waals surface area contributed by atoms with Crippen LogP contribution in [0, 0.1) is 0 Å². The van der Waals surface area contributed by atoms with E-state index in [-0.39, 0.29) is 6.42 Å². The summed E-state index contributed by atoms with van der Waals surface area (Å²) in [4.78, 5) is 10.5. The zero-order valence-corrected chi connectivity index (χ0v) is 14.4. The molecule has 0 saturated heterocycles. The van der Waals surface area contributed by atoms with Gasteiger partial charge in [-0.2, -0.15) is 0 Å². The van der Waals surface area contributed by atoms with Crippen molar-refractivity contribution in [2.75, 3.05) is 0 Å². The van der Waals surface area contributed by atoms with Crippen molar-refractivity contribution in [3.8, 4) is 0 Å². The van der Waals surface area contributed by atoms with Gasteiger partial charge in [0.2, 0.25) is 0 Å². The highest BCUT2D eigenvalue weighted by Crippen LogP contribution is 2.09. The highest BCUT2D eigenvalue weighted by Gasteiger charge is 2.15. The molecule has 1 aromatic heterocycles. The molecule has 0 N–H and O–H groups in total. The molecule has 0 fully saturated rings. The second-order valence-corrected chi connectivity index (χ2v) is 6.04. The number of carbonyl (C=O) groups excluding carboxylic acids is 1. The van der Waals surface area contributed by atoms with E-state index in [9.17, 15) is 9.90 Å². The second-order valence-electron chi connectivity index (χ2n) is 6.04. The first kappa shape index (κ1) is 18.7. The third-order valence-corrected chi connectivity index (χ3v) is 4.21. The summed E-state index contributed by atoms with van der Waals surface area (Å²) in [6, 6.07) is 0. The normalized spacial score (nSPS) is 11.0. The van der Waals surface area contributed by atoms with E-state index in [1.165, 1.54) is 50.8 Å². The zero-order chi connectivity index (χ0) is 16.2. The van der Waals surface area contributed by atoms with E-state index in [4.69, 9.17) is 0 Å². The molecule has 1 heterocycles. The lowest BCUT2D eigenvalue weighted by Crippen LogP contribution is -2.38. The SMILES string of the molecule is CCCCCCCCCc1n(CC)cc[n+]1CCCC(=O)[O-]. The number of nitrogens with zero attached hydrogens (tertiary/aromatic N) is 2. The van der Waals surface area contributed by atoms with Crippen molar-refractivity contribution in [3.05, 3.63) is 18.2 Å². The number of aryl methyl sites for hydroxylation is 2. The molecule has 0 unspecified atom stereocenters. The maximum absolute atomic E-state index is 10.5. The monoisotopic (exact) mass is 308 g/mol. The van der Waals surface area contributed by atoms with Crippen LogP contribution >= 0.6 is 0 Å². The maximum Gasteiger partial charge on any atom is 0.256 e. The number of aliphatic carboxylic acids is 1. The number of aromatic nitrogens is 2. The Bertz CT molecular complexity index is 427. The summed E-state index contributed by atoms with van der Waals surface area (Å²) in [6.07, 6.45) is 15.3. The Morgan fingerprint density at radius 1 is 1.09 bits per heavy atom. The Balaban J connectivity index is 2.36. The van der Waals surface area contributed by atoms with E-state index in [0.717, 1.165) is 19.5 Å². The molecule has 22 heavy (non-hydrogen) atoms. The van der Waals surface area contributed by atoms with E-state index >= 15 is 0 Å². The summed E-state index contributed by atoms with van der Waals surface area (Å²) in [7, 11) is 0. The molecule has 4 nitrogen and oxygen atoms in total. The maximum atomic E-state index is 10.5. The molecule has 4 heteroatoms. The smallest absolute Gasteiger partial charge is 0.256 e. The van der Waals surface area contributed by atoms with Gasteiger partial charge in [0.15, 0.2) is 0 Å². The largest absolute Gasteiger partial charge is 0.550 e. The molecule has 1 aromatic rings. The third kappa shape index (κ3) is 7.10. The molecule has 0 saturated carbocycles. The van der Waals surface area contributed by atoms with Crippen LogP contribution in [0.5, 0.6) is 0 Å². The van der Waals surface area contributed by atoms with Gasteiger partial charge in [-0.1, -0.05) is 45.4 Å². The van der Waals surface area contributed by atoms with Gasteiger partial charge in [0, 0.05) is 12.4 Å². The van der Waals surface area contributed by atoms with Gasteiger partial charge >= 0.3 is 0 Å². The van der Waals surface area contributed by atoms with Gasteiger partial charge in [-0.3, -0.25) is 0 Å². The van der Waals surface area contributed by atoms with Crippen LogP contribution in [0.3, 0.4) is 0 Å². The Morgan fingerprint density at radius 3 is 2.41 bits per heavy atom. The molecule has 0 aliphatic rings. The van der Waals surface area contributed by atoms with E-state index in [2.05, 4.69) is 35.4 Å². The summed E-state index contributed by atoms with van der Waals surface area (Å²) < 4.78 is 4.49. The first-order valence-corrected chi connectivity index (χ1v) is 8.96. The van der Waals surface area contributed by atoms with Crippen LogP contribution in [-0.4, -0.2) is 10.5 Å². The standard InChI is InChI=1S/C18H32N2O2/c1-3-5-6-7-8-9-10-12-17-19(4-2)15-16-20(17)14-11-13-18(21)22/h15-16H,3-14H2,1-2H3. The molecule has 0 spiro atoms. The summed E-state index contributed by atoms with van der Waals surface area (Å²) in [5.74, 6) is 0.374. The minimum Gasteiger partial charge on any atom is -0.550 e. The highest BCUT2D eigenvalue weighted by atomic mass is 16.4. The summed E-state index contributed by atoms with van der Waals surface area (Å²) >= 11 is 0. The first-order valence-electron chi connectivity index (χ1n) is 8.96. The first-order chi connectivity index (χ1) is 10.7. The molecular weight excluding hydrogens is 276 g/mol. The topological polar surface area (TPSA) is 48.9 Å². The zero-order valence-electron chi connectivity index (χ0n) is 14.4. The fraction of sp³-hybridized carbons (Fsp3) is 0.778. The van der Waals surface area contributed by atoms with Crippen molar-refractivity contribution in [2.45, 2.75) is 91.1 Å². The van der Waals surface area contributed by atoms with Crippen LogP contribution in [-0.2, 0) is 24.3 Å². The summed E-state index contributed by atoms with van der Waals surface area (Å²) in [5, 5.41) is 10.5. The Labute approximate surface area is 135 Å². The fourth-order valence-electron chi connectivity index (χ4n) is 2.91. The number of carbonyl (C=O) groups is 1. The predicted molar refractivity (Wildman–Crippen MR) is 86.2 cm³/mol. The molecule has 0 aliphatic carbocycles. The molecule has 126 valence electrons. The summed E-state index contributed by atoms with van der Waals surface area (Å²) in [6.45, 7) is 6.14. The lowest BCUT2D eigenvalue weighted by Gasteiger charge is -2.05. The van der Waals surface area contributed by atoms with Gasteiger partial charge < -0.3 is 9.90 Å². The van der Waals surface area contributed by atoms with Crippen LogP contribution in [0.1, 0.15) is 77.5 Å². The van der Waals surface area contributed by atoms with Crippen LogP contribution in [0.2, 0.25) is 0 Å². The molecule has 0 radical (unpaired) electrons. The average Bonchev–Trinajstić information content (AvgIpc) is 2.88. The van der Waals surface area contributed by atoms with Crippen molar-refractivity contribution in [1.82, 2.24) is 4.57 Å². The molecule has 0 amide bonds. The van der Waals surface area contributed by atoms with Gasteiger partial charge in [-0.05, 0) is 26.2 Å². The van der Waals surface area contributed by atoms with Gasteiger partial charge in [0.1, 0.15) is 12.4 Å². The van der Waals surface area contributed by atoms with Crippen molar-refractivity contribution >= 4 is 5.97 Å². The Hall–Kier alpha value is -1.32. The van der Waals surface area contributed by atoms with Gasteiger partial charge in [-0.25, -0.2) is 9.13 Å². The number of hydrogen-bond acceptors (Lipinski definition) is 2. The summed E-state index contributed by atoms with van der Waals surface area (Å²) in [5.41, 5.74) is 0. The lowest BCUT2D eigenvalue weighted by molar-refractivity contribution is -0.704. The van der Waals surface area contributed by atoms with Gasteiger partial charge in [0.25, 0.3) is 5.82 Å². The predicted octanol–water partition coefficient (Wildman–Crippen LogP) is 2.62. The van der Waals surface area contributed by atoms with Crippen LogP contribution in [0.4, 0.5) is 0 Å². The van der Waals surface area contributed by atoms with E-state index < -0.39 is 5.97 Å². The molecule has 0 bridgehead atoms. The van der Waals surface area contributed by atoms with E-state index in [1.54, 1.807) is 0 Å². The van der Waals surface area contributed by atoms with Crippen LogP contribution in [0.25, 0.3) is 0 Å². The van der Waals surface area contributed by atoms with Gasteiger partial charge in [-0.15, -0.1) is 0 Å². The third-order valence-electron chi connectivity index (χ3n) is 4.21. The minimum absolute atomic E-state index is 0.140. The van der Waals surface area contributed by atoms with Crippen molar-refractivity contribution in [3.63, 3.8) is 0 Å². The molecular formula is C18H32N2O2. The van der Waals surface area contributed by atoms with Crippen molar-refractivity contribution in [2.24, 2.45) is 0 Å². The second kappa shape index (κ2) is 11.3. The molecule has 0 aliphatic heterocycles. The van der Waals surface area contributed by atoms with Crippen molar-refractivity contribution < 1.29 is 14.5 Å². The van der Waals surface area contributed by atoms with Gasteiger partial charge in [0.05, 0.1) is 13.1 Å². The number of hydrogen-bond donors (Lipinski definition) is 0. The highest BCUT2D eigenvalue weighted by molar-refractivity contribution is 5.63. The average molecular weight is 308 g/mol. The Morgan fingerprint density at radius 2 is 1.77 bits per heavy atom. The molecule has 0 aromatic carbocycles. The number of carboxylic acid groups (broad SMARTS) is 1. The quantitative estimate of drug-likeness (QED) is 0.415. The number of imidazole rings is 1. The number of rotatable bonds is 13.